The van der Waals surface area contributed by atoms with Gasteiger partial charge in [-0.15, -0.1) is 0 Å². The molecule has 0 aliphatic rings. The first kappa shape index (κ1) is 12.9. The summed E-state index contributed by atoms with van der Waals surface area (Å²) >= 11 is 0. The van der Waals surface area contributed by atoms with Gasteiger partial charge in [0, 0.05) is 0 Å². The van der Waals surface area contributed by atoms with Crippen LogP contribution in [0.4, 0.5) is 0 Å². The molecular weight excluding hydrogens is 186 g/mol. The van der Waals surface area contributed by atoms with E-state index in [0.29, 0.717) is 12.3 Å². The zero-order chi connectivity index (χ0) is 11.1. The predicted molar refractivity (Wildman–Crippen MR) is 50.9 cm³/mol. The molecular formula is C9H17NO4. The molecule has 0 spiro atoms. The first-order valence-corrected chi connectivity index (χ1v) is 4.53. The highest BCUT2D eigenvalue weighted by molar-refractivity contribution is 5.79. The number of ether oxygens (including phenoxy) is 1. The van der Waals surface area contributed by atoms with E-state index in [0.717, 1.165) is 0 Å². The Hall–Kier alpha value is -1.10. The third-order valence-electron chi connectivity index (χ3n) is 1.68. The van der Waals surface area contributed by atoms with E-state index in [9.17, 15) is 9.59 Å². The van der Waals surface area contributed by atoms with Gasteiger partial charge in [0.2, 0.25) is 0 Å². The Kier molecular flexibility index (Phi) is 5.87. The van der Waals surface area contributed by atoms with E-state index < -0.39 is 24.6 Å². The van der Waals surface area contributed by atoms with Gasteiger partial charge in [-0.1, -0.05) is 13.8 Å². The summed E-state index contributed by atoms with van der Waals surface area (Å²) in [5.41, 5.74) is 0. The number of carbonyl (C=O) groups excluding carboxylic acids is 1. The Morgan fingerprint density at radius 2 is 2.00 bits per heavy atom. The lowest BCUT2D eigenvalue weighted by Gasteiger charge is -2.16. The van der Waals surface area contributed by atoms with Crippen LogP contribution in [0.25, 0.3) is 0 Å². The number of rotatable bonds is 6. The summed E-state index contributed by atoms with van der Waals surface area (Å²) in [5.74, 6) is -1.30. The predicted octanol–water partition coefficient (Wildman–Crippen LogP) is 0.248. The molecule has 0 fully saturated rings. The number of carbonyl (C=O) groups is 2. The highest BCUT2D eigenvalue weighted by atomic mass is 16.6. The molecule has 0 aliphatic heterocycles. The molecule has 0 aromatic rings. The molecule has 82 valence electrons. The standard InChI is InChI=1S/C9H17NO4/c1-6(2)4-7(10-3)9(13)14-5-8(11)12/h6-7,10H,4-5H2,1-3H3,(H,11,12)/t7-/m0/s1. The van der Waals surface area contributed by atoms with E-state index in [4.69, 9.17) is 5.11 Å². The maximum absolute atomic E-state index is 11.3. The van der Waals surface area contributed by atoms with E-state index in [1.54, 1.807) is 7.05 Å². The number of carboxylic acid groups (broad SMARTS) is 1. The number of carboxylic acids is 1. The molecule has 0 amide bonds. The van der Waals surface area contributed by atoms with Gasteiger partial charge in [-0.2, -0.15) is 0 Å². The molecule has 5 nitrogen and oxygen atoms in total. The topological polar surface area (TPSA) is 75.6 Å². The highest BCUT2D eigenvalue weighted by Gasteiger charge is 2.19. The van der Waals surface area contributed by atoms with Crippen molar-refractivity contribution in [3.8, 4) is 0 Å². The average Bonchev–Trinajstić information content (AvgIpc) is 2.09. The molecule has 0 rings (SSSR count). The van der Waals surface area contributed by atoms with Crippen LogP contribution in [0.3, 0.4) is 0 Å². The van der Waals surface area contributed by atoms with Crippen molar-refractivity contribution < 1.29 is 19.4 Å². The quantitative estimate of drug-likeness (QED) is 0.605. The van der Waals surface area contributed by atoms with Crippen molar-refractivity contribution in [2.45, 2.75) is 26.3 Å². The maximum Gasteiger partial charge on any atom is 0.341 e. The molecule has 0 aliphatic carbocycles. The Balaban J connectivity index is 3.97. The van der Waals surface area contributed by atoms with Crippen LogP contribution >= 0.6 is 0 Å². The van der Waals surface area contributed by atoms with Gasteiger partial charge in [0.15, 0.2) is 6.61 Å². The Morgan fingerprint density at radius 1 is 1.43 bits per heavy atom. The van der Waals surface area contributed by atoms with Crippen molar-refractivity contribution in [2.75, 3.05) is 13.7 Å². The maximum atomic E-state index is 11.3. The molecule has 0 unspecified atom stereocenters. The SMILES string of the molecule is CN[C@@H](CC(C)C)C(=O)OCC(=O)O. The first-order valence-electron chi connectivity index (χ1n) is 4.53. The van der Waals surface area contributed by atoms with Crippen molar-refractivity contribution in [1.29, 1.82) is 0 Å². The second kappa shape index (κ2) is 6.37. The van der Waals surface area contributed by atoms with E-state index in [1.807, 2.05) is 13.8 Å². The third-order valence-corrected chi connectivity index (χ3v) is 1.68. The molecule has 14 heavy (non-hydrogen) atoms. The van der Waals surface area contributed by atoms with Gasteiger partial charge < -0.3 is 15.2 Å². The number of hydrogen-bond donors (Lipinski definition) is 2. The minimum atomic E-state index is -1.14. The van der Waals surface area contributed by atoms with Crippen LogP contribution in [-0.4, -0.2) is 36.7 Å². The van der Waals surface area contributed by atoms with Crippen LogP contribution in [-0.2, 0) is 14.3 Å². The summed E-state index contributed by atoms with van der Waals surface area (Å²) in [6.45, 7) is 3.39. The monoisotopic (exact) mass is 203 g/mol. The van der Waals surface area contributed by atoms with Crippen LogP contribution < -0.4 is 5.32 Å². The van der Waals surface area contributed by atoms with Crippen LogP contribution in [0, 0.1) is 5.92 Å². The Bertz CT molecular complexity index is 203. The summed E-state index contributed by atoms with van der Waals surface area (Å²) in [6.07, 6.45) is 0.634. The summed E-state index contributed by atoms with van der Waals surface area (Å²) in [4.78, 5) is 21.4. The highest BCUT2D eigenvalue weighted by Crippen LogP contribution is 2.05. The molecule has 5 heteroatoms. The summed E-state index contributed by atoms with van der Waals surface area (Å²) in [7, 11) is 1.65. The van der Waals surface area contributed by atoms with Gasteiger partial charge in [0.05, 0.1) is 0 Å². The molecule has 0 radical (unpaired) electrons. The smallest absolute Gasteiger partial charge is 0.341 e. The first-order chi connectivity index (χ1) is 6.47. The number of nitrogens with one attached hydrogen (secondary N) is 1. The third kappa shape index (κ3) is 5.53. The molecule has 2 N–H and O–H groups in total. The number of aliphatic carboxylic acids is 1. The largest absolute Gasteiger partial charge is 0.479 e. The normalized spacial score (nSPS) is 12.6. The number of hydrogen-bond acceptors (Lipinski definition) is 4. The van der Waals surface area contributed by atoms with E-state index >= 15 is 0 Å². The summed E-state index contributed by atoms with van der Waals surface area (Å²) < 4.78 is 4.56. The average molecular weight is 203 g/mol. The van der Waals surface area contributed by atoms with Crippen molar-refractivity contribution >= 4 is 11.9 Å². The van der Waals surface area contributed by atoms with Gasteiger partial charge in [0.1, 0.15) is 6.04 Å². The Morgan fingerprint density at radius 3 is 2.36 bits per heavy atom. The van der Waals surface area contributed by atoms with E-state index in [2.05, 4.69) is 10.1 Å². The molecule has 0 bridgehead atoms. The van der Waals surface area contributed by atoms with Gasteiger partial charge in [-0.3, -0.25) is 4.79 Å². The van der Waals surface area contributed by atoms with Gasteiger partial charge >= 0.3 is 11.9 Å². The zero-order valence-electron chi connectivity index (χ0n) is 8.74. The fourth-order valence-corrected chi connectivity index (χ4v) is 1.04. The van der Waals surface area contributed by atoms with Crippen molar-refractivity contribution in [3.05, 3.63) is 0 Å². The van der Waals surface area contributed by atoms with Gasteiger partial charge in [0.25, 0.3) is 0 Å². The second-order valence-electron chi connectivity index (χ2n) is 3.47. The van der Waals surface area contributed by atoms with Crippen LogP contribution in [0.1, 0.15) is 20.3 Å². The number of likely N-dealkylation sites (N-methyl/N-ethyl adjacent to an activating group) is 1. The molecule has 0 heterocycles. The fourth-order valence-electron chi connectivity index (χ4n) is 1.04. The van der Waals surface area contributed by atoms with Crippen LogP contribution in [0.5, 0.6) is 0 Å². The zero-order valence-corrected chi connectivity index (χ0v) is 8.74. The lowest BCUT2D eigenvalue weighted by Crippen LogP contribution is -2.37. The summed E-state index contributed by atoms with van der Waals surface area (Å²) in [5, 5.41) is 11.1. The minimum Gasteiger partial charge on any atom is -0.479 e. The van der Waals surface area contributed by atoms with Gasteiger partial charge in [-0.25, -0.2) is 4.79 Å². The fraction of sp³-hybridized carbons (Fsp3) is 0.778. The van der Waals surface area contributed by atoms with Crippen molar-refractivity contribution in [1.82, 2.24) is 5.32 Å². The van der Waals surface area contributed by atoms with Crippen molar-refractivity contribution in [2.24, 2.45) is 5.92 Å². The minimum absolute atomic E-state index is 0.352. The van der Waals surface area contributed by atoms with E-state index in [-0.39, 0.29) is 0 Å². The molecule has 0 saturated heterocycles. The molecule has 0 aromatic carbocycles. The number of esters is 1. The molecule has 1 atom stereocenters. The lowest BCUT2D eigenvalue weighted by atomic mass is 10.0. The summed E-state index contributed by atoms with van der Waals surface area (Å²) in [6, 6.07) is -0.422. The van der Waals surface area contributed by atoms with E-state index in [1.165, 1.54) is 0 Å². The van der Waals surface area contributed by atoms with Gasteiger partial charge in [-0.05, 0) is 19.4 Å². The molecule has 0 aromatic heterocycles. The second-order valence-corrected chi connectivity index (χ2v) is 3.47. The van der Waals surface area contributed by atoms with Crippen LogP contribution in [0.15, 0.2) is 0 Å². The Labute approximate surface area is 83.4 Å². The van der Waals surface area contributed by atoms with Crippen molar-refractivity contribution in [3.63, 3.8) is 0 Å². The lowest BCUT2D eigenvalue weighted by molar-refractivity contribution is -0.156. The van der Waals surface area contributed by atoms with Crippen LogP contribution in [0.2, 0.25) is 0 Å². The molecule has 0 saturated carbocycles.